The molecule has 0 saturated heterocycles. The van der Waals surface area contributed by atoms with Gasteiger partial charge in [0.05, 0.1) is 11.6 Å². The molecule has 2 N–H and O–H groups in total. The van der Waals surface area contributed by atoms with Gasteiger partial charge in [0, 0.05) is 30.2 Å². The maximum absolute atomic E-state index is 12.8. The molecule has 0 aliphatic carbocycles. The number of anilines is 1. The summed E-state index contributed by atoms with van der Waals surface area (Å²) in [6.45, 7) is 5.83. The van der Waals surface area contributed by atoms with Crippen LogP contribution in [0.15, 0.2) is 36.7 Å². The Morgan fingerprint density at radius 2 is 2.12 bits per heavy atom. The van der Waals surface area contributed by atoms with Crippen molar-refractivity contribution in [3.05, 3.63) is 47.2 Å². The van der Waals surface area contributed by atoms with Crippen molar-refractivity contribution < 1.29 is 23.8 Å². The van der Waals surface area contributed by atoms with Gasteiger partial charge in [-0.3, -0.25) is 0 Å². The lowest BCUT2D eigenvalue weighted by Gasteiger charge is -2.12. The minimum Gasteiger partial charge on any atom is -0.477 e. The van der Waals surface area contributed by atoms with Gasteiger partial charge in [-0.1, -0.05) is 12.1 Å². The number of hydrogen-bond acceptors (Lipinski definition) is 8. The molecule has 3 heterocycles. The Kier molecular flexibility index (Phi) is 6.92. The van der Waals surface area contributed by atoms with Gasteiger partial charge in [0.2, 0.25) is 12.7 Å². The lowest BCUT2D eigenvalue weighted by molar-refractivity contribution is 0.0695. The monoisotopic (exact) mass is 485 g/mol. The highest BCUT2D eigenvalue weighted by Gasteiger charge is 2.21. The first kappa shape index (κ1) is 23.4. The SMILES string of the molecule is Cc1cc2cccc(OCF)c2n1CCNc1cc(-c2nc(OC(C)C)c(C(=O)O)s2)ncn1. The predicted octanol–water partition coefficient (Wildman–Crippen LogP) is 4.77. The Morgan fingerprint density at radius 3 is 2.85 bits per heavy atom. The van der Waals surface area contributed by atoms with Crippen molar-refractivity contribution in [3.8, 4) is 22.3 Å². The molecule has 0 saturated carbocycles. The third-order valence-corrected chi connectivity index (χ3v) is 6.01. The van der Waals surface area contributed by atoms with Crippen LogP contribution in [0, 0.1) is 6.92 Å². The summed E-state index contributed by atoms with van der Waals surface area (Å²) in [6, 6.07) is 9.29. The van der Waals surface area contributed by atoms with Crippen LogP contribution in [0.5, 0.6) is 11.6 Å². The normalized spacial score (nSPS) is 11.2. The van der Waals surface area contributed by atoms with E-state index in [2.05, 4.69) is 24.8 Å². The predicted molar refractivity (Wildman–Crippen MR) is 128 cm³/mol. The molecule has 0 bridgehead atoms. The van der Waals surface area contributed by atoms with Crippen molar-refractivity contribution in [1.82, 2.24) is 19.5 Å². The van der Waals surface area contributed by atoms with Crippen LogP contribution in [0.4, 0.5) is 10.2 Å². The number of nitrogens with zero attached hydrogens (tertiary/aromatic N) is 4. The molecule has 3 aromatic heterocycles. The smallest absolute Gasteiger partial charge is 0.351 e. The molecule has 0 amide bonds. The summed E-state index contributed by atoms with van der Waals surface area (Å²) in [5.41, 5.74) is 2.35. The summed E-state index contributed by atoms with van der Waals surface area (Å²) in [4.78, 5) is 24.4. The quantitative estimate of drug-likeness (QED) is 0.331. The first-order chi connectivity index (χ1) is 16.4. The number of carboxylic acid groups (broad SMARTS) is 1. The van der Waals surface area contributed by atoms with Crippen LogP contribution in [-0.2, 0) is 6.54 Å². The molecule has 0 radical (unpaired) electrons. The fraction of sp³-hybridized carbons (Fsp3) is 0.304. The minimum atomic E-state index is -1.10. The number of aromatic nitrogens is 4. The maximum atomic E-state index is 12.8. The van der Waals surface area contributed by atoms with Crippen molar-refractivity contribution in [1.29, 1.82) is 0 Å². The summed E-state index contributed by atoms with van der Waals surface area (Å²) in [7, 11) is 0. The number of alkyl halides is 1. The lowest BCUT2D eigenvalue weighted by atomic mass is 10.2. The van der Waals surface area contributed by atoms with Crippen LogP contribution in [0.3, 0.4) is 0 Å². The number of para-hydroxylation sites is 1. The Morgan fingerprint density at radius 1 is 1.29 bits per heavy atom. The molecule has 0 atom stereocenters. The summed E-state index contributed by atoms with van der Waals surface area (Å²) in [6.07, 6.45) is 1.19. The third kappa shape index (κ3) is 4.93. The highest BCUT2D eigenvalue weighted by atomic mass is 32.1. The van der Waals surface area contributed by atoms with E-state index in [9.17, 15) is 14.3 Å². The molecule has 0 unspecified atom stereocenters. The molecule has 0 aliphatic heterocycles. The van der Waals surface area contributed by atoms with Crippen LogP contribution in [-0.4, -0.2) is 50.1 Å². The van der Waals surface area contributed by atoms with E-state index in [0.29, 0.717) is 35.4 Å². The van der Waals surface area contributed by atoms with E-state index < -0.39 is 12.8 Å². The molecule has 11 heteroatoms. The first-order valence-corrected chi connectivity index (χ1v) is 11.4. The molecule has 0 spiro atoms. The van der Waals surface area contributed by atoms with Gasteiger partial charge < -0.3 is 24.5 Å². The van der Waals surface area contributed by atoms with E-state index in [0.717, 1.165) is 27.9 Å². The second kappa shape index (κ2) is 10.0. The van der Waals surface area contributed by atoms with Gasteiger partial charge in [0.15, 0.2) is 4.88 Å². The van der Waals surface area contributed by atoms with Crippen LogP contribution < -0.4 is 14.8 Å². The van der Waals surface area contributed by atoms with Crippen molar-refractivity contribution in [2.75, 3.05) is 18.7 Å². The number of fused-ring (bicyclic) bond motifs is 1. The van der Waals surface area contributed by atoms with Crippen LogP contribution in [0.25, 0.3) is 21.6 Å². The number of carbonyl (C=O) groups is 1. The van der Waals surface area contributed by atoms with Crippen LogP contribution in [0.1, 0.15) is 29.2 Å². The number of hydrogen-bond donors (Lipinski definition) is 2. The van der Waals surface area contributed by atoms with Gasteiger partial charge in [-0.2, -0.15) is 4.98 Å². The highest BCUT2D eigenvalue weighted by Crippen LogP contribution is 2.33. The standard InChI is InChI=1S/C23H24FN5O4S/c1-13(2)33-21-20(23(30)31)34-22(28-21)16-10-18(27-12-26-16)25-7-8-29-14(3)9-15-5-4-6-17(19(15)29)32-11-24/h4-6,9-10,12-13H,7-8,11H2,1-3H3,(H,30,31)(H,25,26,27). The van der Waals surface area contributed by atoms with Gasteiger partial charge in [0.25, 0.3) is 0 Å². The molecule has 0 fully saturated rings. The zero-order valence-corrected chi connectivity index (χ0v) is 19.7. The number of rotatable bonds is 10. The number of nitrogens with one attached hydrogen (secondary N) is 1. The number of aryl methyl sites for hydroxylation is 1. The number of aromatic carboxylic acids is 1. The average Bonchev–Trinajstić information content (AvgIpc) is 3.35. The summed E-state index contributed by atoms with van der Waals surface area (Å²) < 4.78 is 25.6. The van der Waals surface area contributed by atoms with Gasteiger partial charge in [-0.25, -0.2) is 19.2 Å². The Labute approximate surface area is 199 Å². The van der Waals surface area contributed by atoms with Crippen molar-refractivity contribution >= 4 is 34.0 Å². The molecule has 4 aromatic rings. The number of carboxylic acids is 1. The molecular weight excluding hydrogens is 461 g/mol. The van der Waals surface area contributed by atoms with E-state index in [4.69, 9.17) is 9.47 Å². The highest BCUT2D eigenvalue weighted by molar-refractivity contribution is 7.17. The maximum Gasteiger partial charge on any atom is 0.351 e. The molecule has 1 aromatic carbocycles. The summed E-state index contributed by atoms with van der Waals surface area (Å²) >= 11 is 1.00. The fourth-order valence-corrected chi connectivity index (χ4v) is 4.41. The second-order valence-corrected chi connectivity index (χ2v) is 8.72. The van der Waals surface area contributed by atoms with E-state index in [-0.39, 0.29) is 16.9 Å². The molecule has 34 heavy (non-hydrogen) atoms. The van der Waals surface area contributed by atoms with E-state index >= 15 is 0 Å². The van der Waals surface area contributed by atoms with Crippen molar-refractivity contribution in [2.45, 2.75) is 33.4 Å². The topological polar surface area (TPSA) is 111 Å². The molecule has 9 nitrogen and oxygen atoms in total. The molecule has 4 rings (SSSR count). The Balaban J connectivity index is 1.52. The van der Waals surface area contributed by atoms with Crippen LogP contribution in [0.2, 0.25) is 0 Å². The average molecular weight is 486 g/mol. The van der Waals surface area contributed by atoms with E-state index in [1.54, 1.807) is 26.0 Å². The third-order valence-electron chi connectivity index (χ3n) is 4.97. The number of benzene rings is 1. The zero-order valence-electron chi connectivity index (χ0n) is 18.9. The Hall–Kier alpha value is -3.73. The number of thiazole rings is 1. The van der Waals surface area contributed by atoms with Crippen molar-refractivity contribution in [3.63, 3.8) is 0 Å². The number of ether oxygens (including phenoxy) is 2. The Bertz CT molecular complexity index is 1320. The van der Waals surface area contributed by atoms with E-state index in [1.165, 1.54) is 6.33 Å². The molecular formula is C23H24FN5O4S. The lowest BCUT2D eigenvalue weighted by Crippen LogP contribution is -2.12. The summed E-state index contributed by atoms with van der Waals surface area (Å²) in [5, 5.41) is 14.1. The molecule has 0 aliphatic rings. The largest absolute Gasteiger partial charge is 0.477 e. The van der Waals surface area contributed by atoms with Gasteiger partial charge in [-0.15, -0.1) is 11.3 Å². The number of halogens is 1. The van der Waals surface area contributed by atoms with E-state index in [1.807, 2.05) is 25.1 Å². The fourth-order valence-electron chi connectivity index (χ4n) is 3.61. The van der Waals surface area contributed by atoms with Crippen LogP contribution >= 0.6 is 11.3 Å². The first-order valence-electron chi connectivity index (χ1n) is 10.6. The second-order valence-electron chi connectivity index (χ2n) is 7.73. The van der Waals surface area contributed by atoms with Crippen molar-refractivity contribution in [2.24, 2.45) is 0 Å². The van der Waals surface area contributed by atoms with Gasteiger partial charge in [0.1, 0.15) is 28.6 Å². The summed E-state index contributed by atoms with van der Waals surface area (Å²) in [5.74, 6) is 0.0433. The van der Waals surface area contributed by atoms with Gasteiger partial charge in [-0.05, 0) is 32.9 Å². The molecule has 178 valence electrons. The zero-order chi connectivity index (χ0) is 24.2. The minimum absolute atomic E-state index is 0.0260. The van der Waals surface area contributed by atoms with Gasteiger partial charge >= 0.3 is 5.97 Å².